The van der Waals surface area contributed by atoms with Crippen molar-refractivity contribution in [2.75, 3.05) is 25.5 Å². The average Bonchev–Trinajstić information content (AvgIpc) is 2.83. The molecular weight excluding hydrogens is 338 g/mol. The lowest BCUT2D eigenvalue weighted by Gasteiger charge is -2.23. The molecule has 8 heteroatoms. The van der Waals surface area contributed by atoms with Gasteiger partial charge in [-0.25, -0.2) is 9.69 Å². The number of urea groups is 1. The van der Waals surface area contributed by atoms with E-state index in [0.29, 0.717) is 16.3 Å². The fourth-order valence-corrected chi connectivity index (χ4v) is 2.72. The lowest BCUT2D eigenvalue weighted by molar-refractivity contribution is -0.138. The molecule has 0 saturated carbocycles. The second kappa shape index (κ2) is 7.81. The van der Waals surface area contributed by atoms with Crippen LogP contribution in [0.2, 0.25) is 0 Å². The van der Waals surface area contributed by atoms with Gasteiger partial charge in [0.25, 0.3) is 11.8 Å². The van der Waals surface area contributed by atoms with Crippen LogP contribution < -0.4 is 10.1 Å². The predicted molar refractivity (Wildman–Crippen MR) is 94.8 cm³/mol. The highest BCUT2D eigenvalue weighted by Gasteiger charge is 2.45. The molecule has 1 N–H and O–H groups in total. The summed E-state index contributed by atoms with van der Waals surface area (Å²) in [4.78, 5) is 51.3. The van der Waals surface area contributed by atoms with Crippen LogP contribution >= 0.6 is 0 Å². The molecule has 1 atom stereocenters. The zero-order valence-corrected chi connectivity index (χ0v) is 14.9. The van der Waals surface area contributed by atoms with Gasteiger partial charge in [0.05, 0.1) is 12.8 Å². The number of imide groups is 1. The van der Waals surface area contributed by atoms with Gasteiger partial charge in [-0.1, -0.05) is 12.1 Å². The number of anilines is 1. The third-order valence-corrected chi connectivity index (χ3v) is 3.93. The summed E-state index contributed by atoms with van der Waals surface area (Å²) in [5, 5.41) is 2.58. The summed E-state index contributed by atoms with van der Waals surface area (Å²) >= 11 is 0. The Morgan fingerprint density at radius 2 is 2.08 bits per heavy atom. The Balaban J connectivity index is 2.30. The Kier molecular flexibility index (Phi) is 5.76. The Morgan fingerprint density at radius 1 is 1.38 bits per heavy atom. The van der Waals surface area contributed by atoms with Crippen LogP contribution in [-0.4, -0.2) is 59.7 Å². The highest BCUT2D eigenvalue weighted by atomic mass is 16.5. The summed E-state index contributed by atoms with van der Waals surface area (Å²) in [6, 6.07) is 2.91. The number of carbonyl (C=O) groups excluding carboxylic acids is 4. The van der Waals surface area contributed by atoms with Gasteiger partial charge < -0.3 is 15.0 Å². The molecular formula is C18H21N3O5. The van der Waals surface area contributed by atoms with Crippen molar-refractivity contribution in [3.05, 3.63) is 36.4 Å². The first-order chi connectivity index (χ1) is 12.3. The van der Waals surface area contributed by atoms with Crippen LogP contribution in [0.3, 0.4) is 0 Å². The molecule has 26 heavy (non-hydrogen) atoms. The lowest BCUT2D eigenvalue weighted by Crippen LogP contribution is -2.51. The van der Waals surface area contributed by atoms with Crippen molar-refractivity contribution in [1.29, 1.82) is 0 Å². The quantitative estimate of drug-likeness (QED) is 0.450. The first-order valence-corrected chi connectivity index (χ1v) is 7.98. The standard InChI is InChI=1S/C18H21N3O5/c1-5-8-20-10-15(23)21(18(20)25)16(12(3)22)17(24)19-13-9-11(2)6-7-14(13)26-4/h5-7,9,16H,1,8,10H2,2-4H3,(H,19,24). The van der Waals surface area contributed by atoms with Crippen molar-refractivity contribution in [3.63, 3.8) is 0 Å². The SMILES string of the molecule is C=CCN1CC(=O)N(C(C(C)=O)C(=O)Nc2cc(C)ccc2OC)C1=O. The molecule has 0 aliphatic carbocycles. The van der Waals surface area contributed by atoms with E-state index in [4.69, 9.17) is 4.74 Å². The summed E-state index contributed by atoms with van der Waals surface area (Å²) in [7, 11) is 1.45. The Morgan fingerprint density at radius 3 is 2.65 bits per heavy atom. The monoisotopic (exact) mass is 359 g/mol. The Labute approximate surface area is 151 Å². The molecule has 8 nitrogen and oxygen atoms in total. The van der Waals surface area contributed by atoms with E-state index in [1.54, 1.807) is 18.2 Å². The summed E-state index contributed by atoms with van der Waals surface area (Å²) in [6.07, 6.45) is 1.47. The number of methoxy groups -OCH3 is 1. The maximum absolute atomic E-state index is 12.7. The second-order valence-corrected chi connectivity index (χ2v) is 5.92. The minimum Gasteiger partial charge on any atom is -0.495 e. The molecule has 138 valence electrons. The van der Waals surface area contributed by atoms with Gasteiger partial charge in [-0.3, -0.25) is 14.4 Å². The molecule has 0 radical (unpaired) electrons. The molecule has 0 aromatic heterocycles. The number of nitrogens with zero attached hydrogens (tertiary/aromatic N) is 2. The van der Waals surface area contributed by atoms with E-state index in [0.717, 1.165) is 12.5 Å². The number of ether oxygens (including phenoxy) is 1. The number of rotatable bonds is 7. The first kappa shape index (κ1) is 19.2. The van der Waals surface area contributed by atoms with Crippen LogP contribution in [0.4, 0.5) is 10.5 Å². The number of benzene rings is 1. The summed E-state index contributed by atoms with van der Waals surface area (Å²) in [5.74, 6) is -1.60. The third-order valence-electron chi connectivity index (χ3n) is 3.93. The maximum atomic E-state index is 12.7. The molecule has 1 aromatic rings. The van der Waals surface area contributed by atoms with E-state index in [-0.39, 0.29) is 13.1 Å². The van der Waals surface area contributed by atoms with Crippen molar-refractivity contribution in [2.45, 2.75) is 19.9 Å². The van der Waals surface area contributed by atoms with Gasteiger partial charge in [0.15, 0.2) is 11.8 Å². The smallest absolute Gasteiger partial charge is 0.328 e. The number of carbonyl (C=O) groups is 4. The fourth-order valence-electron chi connectivity index (χ4n) is 2.72. The molecule has 1 aliphatic rings. The van der Waals surface area contributed by atoms with Crippen molar-refractivity contribution in [1.82, 2.24) is 9.80 Å². The lowest BCUT2D eigenvalue weighted by atomic mass is 10.1. The van der Waals surface area contributed by atoms with Gasteiger partial charge in [-0.15, -0.1) is 6.58 Å². The zero-order chi connectivity index (χ0) is 19.4. The minimum atomic E-state index is -1.55. The Hall–Kier alpha value is -3.16. The number of nitrogens with one attached hydrogen (secondary N) is 1. The van der Waals surface area contributed by atoms with E-state index in [9.17, 15) is 19.2 Å². The van der Waals surface area contributed by atoms with Gasteiger partial charge in [-0.2, -0.15) is 0 Å². The van der Waals surface area contributed by atoms with Gasteiger partial charge in [0.2, 0.25) is 0 Å². The van der Waals surface area contributed by atoms with Gasteiger partial charge in [0, 0.05) is 6.54 Å². The molecule has 0 bridgehead atoms. The van der Waals surface area contributed by atoms with Gasteiger partial charge in [-0.05, 0) is 31.5 Å². The van der Waals surface area contributed by atoms with Crippen LogP contribution in [0.1, 0.15) is 12.5 Å². The first-order valence-electron chi connectivity index (χ1n) is 7.98. The number of ketones is 1. The maximum Gasteiger partial charge on any atom is 0.328 e. The number of amides is 4. The zero-order valence-electron chi connectivity index (χ0n) is 14.9. The molecule has 2 rings (SSSR count). The van der Waals surface area contributed by atoms with Crippen LogP contribution in [0, 0.1) is 6.92 Å². The minimum absolute atomic E-state index is 0.152. The van der Waals surface area contributed by atoms with Crippen LogP contribution in [0.15, 0.2) is 30.9 Å². The van der Waals surface area contributed by atoms with Crippen LogP contribution in [-0.2, 0) is 14.4 Å². The molecule has 1 aliphatic heterocycles. The van der Waals surface area contributed by atoms with Crippen molar-refractivity contribution in [2.24, 2.45) is 0 Å². The van der Waals surface area contributed by atoms with Crippen LogP contribution in [0.5, 0.6) is 5.75 Å². The normalized spacial score (nSPS) is 15.0. The summed E-state index contributed by atoms with van der Waals surface area (Å²) < 4.78 is 5.19. The largest absolute Gasteiger partial charge is 0.495 e. The van der Waals surface area contributed by atoms with Gasteiger partial charge >= 0.3 is 6.03 Å². The molecule has 1 saturated heterocycles. The van der Waals surface area contributed by atoms with Crippen molar-refractivity contribution in [3.8, 4) is 5.75 Å². The summed E-state index contributed by atoms with van der Waals surface area (Å²) in [5.41, 5.74) is 1.22. The second-order valence-electron chi connectivity index (χ2n) is 5.92. The number of aryl methyl sites for hydroxylation is 1. The van der Waals surface area contributed by atoms with E-state index in [1.165, 1.54) is 18.1 Å². The molecule has 4 amide bonds. The van der Waals surface area contributed by atoms with Crippen molar-refractivity contribution >= 4 is 29.3 Å². The fraction of sp³-hybridized carbons (Fsp3) is 0.333. The van der Waals surface area contributed by atoms with E-state index < -0.39 is 29.7 Å². The summed E-state index contributed by atoms with van der Waals surface area (Å²) in [6.45, 7) is 6.47. The predicted octanol–water partition coefficient (Wildman–Crippen LogP) is 1.35. The topological polar surface area (TPSA) is 96.0 Å². The molecule has 1 fully saturated rings. The molecule has 0 spiro atoms. The average molecular weight is 359 g/mol. The highest BCUT2D eigenvalue weighted by Crippen LogP contribution is 2.26. The highest BCUT2D eigenvalue weighted by molar-refractivity contribution is 6.17. The third kappa shape index (κ3) is 3.74. The van der Waals surface area contributed by atoms with E-state index in [1.807, 2.05) is 6.92 Å². The number of Topliss-reactive ketones (excluding diaryl/α,β-unsaturated/α-hetero) is 1. The van der Waals surface area contributed by atoms with E-state index in [2.05, 4.69) is 11.9 Å². The molecule has 1 heterocycles. The van der Waals surface area contributed by atoms with E-state index >= 15 is 0 Å². The Bertz CT molecular complexity index is 774. The van der Waals surface area contributed by atoms with Crippen LogP contribution in [0.25, 0.3) is 0 Å². The van der Waals surface area contributed by atoms with Gasteiger partial charge in [0.1, 0.15) is 12.3 Å². The number of hydrogen-bond donors (Lipinski definition) is 1. The van der Waals surface area contributed by atoms with Crippen molar-refractivity contribution < 1.29 is 23.9 Å². The number of hydrogen-bond acceptors (Lipinski definition) is 5. The molecule has 1 aromatic carbocycles. The molecule has 1 unspecified atom stereocenters.